The third kappa shape index (κ3) is 1.04. The van der Waals surface area contributed by atoms with Gasteiger partial charge in [-0.05, 0) is 22.0 Å². The summed E-state index contributed by atoms with van der Waals surface area (Å²) < 4.78 is 26.4. The fraction of sp³-hybridized carbons (Fsp3) is 0. The molecule has 5 heteroatoms. The molecule has 1 aromatic heterocycles. The Labute approximate surface area is 79.2 Å². The fourth-order valence-corrected chi connectivity index (χ4v) is 2.26. The lowest BCUT2D eigenvalue weighted by Crippen LogP contribution is -1.85. The highest BCUT2D eigenvalue weighted by Crippen LogP contribution is 2.29. The van der Waals surface area contributed by atoms with Crippen LogP contribution < -0.4 is 0 Å². The van der Waals surface area contributed by atoms with Crippen LogP contribution in [0.5, 0.6) is 0 Å². The van der Waals surface area contributed by atoms with Gasteiger partial charge in [0, 0.05) is 0 Å². The molecule has 0 atom stereocenters. The lowest BCUT2D eigenvalue weighted by atomic mass is 10.3. The Balaban J connectivity index is 2.94. The van der Waals surface area contributed by atoms with Crippen LogP contribution >= 0.6 is 27.3 Å². The van der Waals surface area contributed by atoms with Gasteiger partial charge in [-0.1, -0.05) is 0 Å². The van der Waals surface area contributed by atoms with E-state index in [1.807, 2.05) is 0 Å². The maximum atomic E-state index is 12.9. The molecule has 1 nitrogen and oxygen atoms in total. The van der Waals surface area contributed by atoms with Crippen LogP contribution in [0.4, 0.5) is 8.78 Å². The zero-order chi connectivity index (χ0) is 8.72. The van der Waals surface area contributed by atoms with E-state index >= 15 is 0 Å². The van der Waals surface area contributed by atoms with E-state index in [0.29, 0.717) is 10.2 Å². The van der Waals surface area contributed by atoms with Crippen LogP contribution in [0.3, 0.4) is 0 Å². The SMILES string of the molecule is Fc1cc2scnc2c(Br)c1F. The number of aromatic nitrogens is 1. The predicted molar refractivity (Wildman–Crippen MR) is 47.2 cm³/mol. The summed E-state index contributed by atoms with van der Waals surface area (Å²) >= 11 is 4.22. The summed E-state index contributed by atoms with van der Waals surface area (Å²) in [5.41, 5.74) is 2.02. The van der Waals surface area contributed by atoms with Crippen molar-refractivity contribution in [2.24, 2.45) is 0 Å². The van der Waals surface area contributed by atoms with Gasteiger partial charge < -0.3 is 0 Å². The standard InChI is InChI=1S/C7H2BrF2NS/c8-5-6(10)3(9)1-4-7(5)11-2-12-4/h1-2H. The van der Waals surface area contributed by atoms with E-state index in [2.05, 4.69) is 20.9 Å². The number of rotatable bonds is 0. The van der Waals surface area contributed by atoms with Crippen molar-refractivity contribution in [3.8, 4) is 0 Å². The molecule has 0 saturated heterocycles. The van der Waals surface area contributed by atoms with E-state index in [9.17, 15) is 8.78 Å². The molecule has 0 N–H and O–H groups in total. The molecule has 0 bridgehead atoms. The van der Waals surface area contributed by atoms with Crippen molar-refractivity contribution in [3.63, 3.8) is 0 Å². The zero-order valence-electron chi connectivity index (χ0n) is 5.64. The molecule has 12 heavy (non-hydrogen) atoms. The van der Waals surface area contributed by atoms with Crippen molar-refractivity contribution in [1.29, 1.82) is 0 Å². The van der Waals surface area contributed by atoms with Gasteiger partial charge in [-0.15, -0.1) is 11.3 Å². The zero-order valence-corrected chi connectivity index (χ0v) is 8.05. The lowest BCUT2D eigenvalue weighted by molar-refractivity contribution is 0.507. The second-order valence-electron chi connectivity index (χ2n) is 2.19. The smallest absolute Gasteiger partial charge is 0.175 e. The van der Waals surface area contributed by atoms with Crippen LogP contribution in [-0.2, 0) is 0 Å². The van der Waals surface area contributed by atoms with E-state index in [0.717, 1.165) is 6.07 Å². The van der Waals surface area contributed by atoms with E-state index in [1.54, 1.807) is 5.51 Å². The third-order valence-electron chi connectivity index (χ3n) is 1.46. The number of benzene rings is 1. The summed E-state index contributed by atoms with van der Waals surface area (Å²) in [5, 5.41) is 0. The molecule has 2 rings (SSSR count). The largest absolute Gasteiger partial charge is 0.243 e. The Bertz CT molecular complexity index is 440. The van der Waals surface area contributed by atoms with Crippen LogP contribution in [-0.4, -0.2) is 4.98 Å². The number of halogens is 3. The highest BCUT2D eigenvalue weighted by atomic mass is 79.9. The summed E-state index contributed by atoms with van der Waals surface area (Å²) in [4.78, 5) is 3.89. The maximum absolute atomic E-state index is 12.9. The molecular weight excluding hydrogens is 248 g/mol. The van der Waals surface area contributed by atoms with Gasteiger partial charge in [0.2, 0.25) is 0 Å². The molecule has 0 saturated carbocycles. The first-order valence-corrected chi connectivity index (χ1v) is 4.74. The summed E-state index contributed by atoms with van der Waals surface area (Å²) in [6, 6.07) is 1.15. The fourth-order valence-electron chi connectivity index (χ4n) is 0.910. The van der Waals surface area contributed by atoms with Crippen molar-refractivity contribution >= 4 is 37.5 Å². The van der Waals surface area contributed by atoms with Gasteiger partial charge in [-0.25, -0.2) is 13.8 Å². The topological polar surface area (TPSA) is 12.9 Å². The highest BCUT2D eigenvalue weighted by Gasteiger charge is 2.12. The number of fused-ring (bicyclic) bond motifs is 1. The van der Waals surface area contributed by atoms with Crippen LogP contribution in [0, 0.1) is 11.6 Å². The minimum absolute atomic E-state index is 0.0961. The van der Waals surface area contributed by atoms with Crippen molar-refractivity contribution in [2.75, 3.05) is 0 Å². The highest BCUT2D eigenvalue weighted by molar-refractivity contribution is 9.10. The van der Waals surface area contributed by atoms with Gasteiger partial charge in [0.05, 0.1) is 20.2 Å². The van der Waals surface area contributed by atoms with Gasteiger partial charge in [-0.3, -0.25) is 0 Å². The second kappa shape index (κ2) is 2.74. The average molecular weight is 250 g/mol. The van der Waals surface area contributed by atoms with Crippen molar-refractivity contribution in [1.82, 2.24) is 4.98 Å². The lowest BCUT2D eigenvalue weighted by Gasteiger charge is -1.96. The Kier molecular flexibility index (Phi) is 1.84. The molecule has 2 aromatic rings. The molecule has 0 radical (unpaired) electrons. The molecule has 0 fully saturated rings. The van der Waals surface area contributed by atoms with E-state index < -0.39 is 11.6 Å². The monoisotopic (exact) mass is 249 g/mol. The summed E-state index contributed by atoms with van der Waals surface area (Å²) in [6.07, 6.45) is 0. The molecule has 0 aliphatic carbocycles. The molecule has 0 aliphatic rings. The molecule has 62 valence electrons. The second-order valence-corrected chi connectivity index (χ2v) is 3.86. The van der Waals surface area contributed by atoms with E-state index in [4.69, 9.17) is 0 Å². The molecule has 0 amide bonds. The number of hydrogen-bond acceptors (Lipinski definition) is 2. The van der Waals surface area contributed by atoms with Gasteiger partial charge >= 0.3 is 0 Å². The number of thiazole rings is 1. The van der Waals surface area contributed by atoms with Crippen LogP contribution in [0.1, 0.15) is 0 Å². The first-order chi connectivity index (χ1) is 5.70. The minimum atomic E-state index is -0.881. The maximum Gasteiger partial charge on any atom is 0.175 e. The minimum Gasteiger partial charge on any atom is -0.243 e. The molecule has 1 aromatic carbocycles. The molecule has 0 spiro atoms. The number of hydrogen-bond donors (Lipinski definition) is 0. The normalized spacial score (nSPS) is 10.9. The third-order valence-corrected chi connectivity index (χ3v) is 2.96. The Morgan fingerprint density at radius 1 is 1.42 bits per heavy atom. The van der Waals surface area contributed by atoms with Crippen molar-refractivity contribution < 1.29 is 8.78 Å². The molecule has 0 aliphatic heterocycles. The van der Waals surface area contributed by atoms with Crippen LogP contribution in [0.25, 0.3) is 10.2 Å². The number of nitrogens with zero attached hydrogens (tertiary/aromatic N) is 1. The quantitative estimate of drug-likeness (QED) is 0.653. The molecular formula is C7H2BrF2NS. The Hall–Kier alpha value is -0.550. The summed E-state index contributed by atoms with van der Waals surface area (Å²) in [7, 11) is 0. The van der Waals surface area contributed by atoms with Crippen LogP contribution in [0.15, 0.2) is 16.0 Å². The Morgan fingerprint density at radius 3 is 2.92 bits per heavy atom. The van der Waals surface area contributed by atoms with Crippen molar-refractivity contribution in [2.45, 2.75) is 0 Å². The Morgan fingerprint density at radius 2 is 2.17 bits per heavy atom. The predicted octanol–water partition coefficient (Wildman–Crippen LogP) is 3.34. The summed E-state index contributed by atoms with van der Waals surface area (Å²) in [6.45, 7) is 0. The van der Waals surface area contributed by atoms with E-state index in [-0.39, 0.29) is 4.47 Å². The van der Waals surface area contributed by atoms with Gasteiger partial charge in [0.25, 0.3) is 0 Å². The van der Waals surface area contributed by atoms with Gasteiger partial charge in [0.1, 0.15) is 0 Å². The van der Waals surface area contributed by atoms with Gasteiger partial charge in [0.15, 0.2) is 11.6 Å². The molecule has 1 heterocycles. The average Bonchev–Trinajstić information content (AvgIpc) is 2.48. The van der Waals surface area contributed by atoms with E-state index in [1.165, 1.54) is 11.3 Å². The first kappa shape index (κ1) is 8.07. The molecule has 0 unspecified atom stereocenters. The first-order valence-electron chi connectivity index (χ1n) is 3.07. The van der Waals surface area contributed by atoms with Gasteiger partial charge in [-0.2, -0.15) is 0 Å². The van der Waals surface area contributed by atoms with Crippen molar-refractivity contribution in [3.05, 3.63) is 27.7 Å². The summed E-state index contributed by atoms with van der Waals surface area (Å²) in [5.74, 6) is -1.73. The van der Waals surface area contributed by atoms with Crippen LogP contribution in [0.2, 0.25) is 0 Å².